The van der Waals surface area contributed by atoms with E-state index >= 15 is 0 Å². The first-order valence-electron chi connectivity index (χ1n) is 8.02. The molecule has 0 bridgehead atoms. The van der Waals surface area contributed by atoms with Crippen molar-refractivity contribution in [1.82, 2.24) is 5.32 Å². The Hall–Kier alpha value is -0.540. The molecule has 0 radical (unpaired) electrons. The SMILES string of the molecule is CCCNCc1cc(Br)ccc1N(CC)C1CCCC1. The zero-order valence-corrected chi connectivity index (χ0v) is 14.4. The molecule has 112 valence electrons. The number of benzene rings is 1. The van der Waals surface area contributed by atoms with E-state index in [-0.39, 0.29) is 0 Å². The fourth-order valence-electron chi connectivity index (χ4n) is 3.22. The van der Waals surface area contributed by atoms with Crippen LogP contribution >= 0.6 is 15.9 Å². The summed E-state index contributed by atoms with van der Waals surface area (Å²) in [6.07, 6.45) is 6.67. The highest BCUT2D eigenvalue weighted by molar-refractivity contribution is 9.10. The van der Waals surface area contributed by atoms with Crippen molar-refractivity contribution in [2.45, 2.75) is 58.5 Å². The quantitative estimate of drug-likeness (QED) is 0.723. The van der Waals surface area contributed by atoms with Crippen molar-refractivity contribution in [2.75, 3.05) is 18.0 Å². The number of hydrogen-bond acceptors (Lipinski definition) is 2. The lowest BCUT2D eigenvalue weighted by atomic mass is 10.1. The Kier molecular flexibility index (Phi) is 6.37. The molecule has 1 aromatic carbocycles. The van der Waals surface area contributed by atoms with Crippen LogP contribution in [-0.2, 0) is 6.54 Å². The molecule has 0 atom stereocenters. The molecule has 0 saturated heterocycles. The maximum atomic E-state index is 3.61. The number of nitrogens with zero attached hydrogens (tertiary/aromatic N) is 1. The van der Waals surface area contributed by atoms with Gasteiger partial charge in [-0.3, -0.25) is 0 Å². The molecule has 1 N–H and O–H groups in total. The molecule has 0 heterocycles. The van der Waals surface area contributed by atoms with Gasteiger partial charge in [0.05, 0.1) is 0 Å². The third-order valence-electron chi connectivity index (χ3n) is 4.20. The van der Waals surface area contributed by atoms with Crippen molar-refractivity contribution in [3.05, 3.63) is 28.2 Å². The predicted octanol–water partition coefficient (Wildman–Crippen LogP) is 4.72. The van der Waals surface area contributed by atoms with E-state index in [0.29, 0.717) is 0 Å². The number of anilines is 1. The zero-order valence-electron chi connectivity index (χ0n) is 12.8. The Morgan fingerprint density at radius 3 is 2.65 bits per heavy atom. The van der Waals surface area contributed by atoms with E-state index in [1.54, 1.807) is 0 Å². The number of nitrogens with one attached hydrogen (secondary N) is 1. The van der Waals surface area contributed by atoms with Crippen molar-refractivity contribution in [2.24, 2.45) is 0 Å². The molecule has 1 aromatic rings. The fourth-order valence-corrected chi connectivity index (χ4v) is 3.63. The molecular formula is C17H27BrN2. The number of halogens is 1. The lowest BCUT2D eigenvalue weighted by Crippen LogP contribution is -2.34. The Morgan fingerprint density at radius 2 is 2.00 bits per heavy atom. The molecule has 3 heteroatoms. The monoisotopic (exact) mass is 338 g/mol. The first-order chi connectivity index (χ1) is 9.76. The molecule has 0 unspecified atom stereocenters. The second-order valence-electron chi connectivity index (χ2n) is 5.67. The highest BCUT2D eigenvalue weighted by Gasteiger charge is 2.23. The average molecular weight is 339 g/mol. The van der Waals surface area contributed by atoms with Crippen LogP contribution in [0.3, 0.4) is 0 Å². The summed E-state index contributed by atoms with van der Waals surface area (Å²) in [6, 6.07) is 7.48. The molecule has 0 aromatic heterocycles. The summed E-state index contributed by atoms with van der Waals surface area (Å²) in [5, 5.41) is 3.54. The molecule has 0 spiro atoms. The van der Waals surface area contributed by atoms with E-state index in [9.17, 15) is 0 Å². The van der Waals surface area contributed by atoms with Crippen LogP contribution in [0.4, 0.5) is 5.69 Å². The maximum absolute atomic E-state index is 3.61. The van der Waals surface area contributed by atoms with Crippen LogP contribution < -0.4 is 10.2 Å². The van der Waals surface area contributed by atoms with Crippen LogP contribution in [0.1, 0.15) is 51.5 Å². The predicted molar refractivity (Wildman–Crippen MR) is 91.4 cm³/mol. The Balaban J connectivity index is 2.18. The average Bonchev–Trinajstić information content (AvgIpc) is 2.96. The summed E-state index contributed by atoms with van der Waals surface area (Å²) in [7, 11) is 0. The van der Waals surface area contributed by atoms with E-state index in [0.717, 1.165) is 25.7 Å². The minimum Gasteiger partial charge on any atom is -0.369 e. The molecule has 1 aliphatic rings. The maximum Gasteiger partial charge on any atom is 0.0415 e. The fraction of sp³-hybridized carbons (Fsp3) is 0.647. The van der Waals surface area contributed by atoms with Crippen molar-refractivity contribution < 1.29 is 0 Å². The van der Waals surface area contributed by atoms with Gasteiger partial charge in [-0.05, 0) is 56.5 Å². The lowest BCUT2D eigenvalue weighted by molar-refractivity contribution is 0.611. The van der Waals surface area contributed by atoms with Crippen LogP contribution in [0, 0.1) is 0 Å². The van der Waals surface area contributed by atoms with Crippen molar-refractivity contribution in [1.29, 1.82) is 0 Å². The number of hydrogen-bond donors (Lipinski definition) is 1. The first kappa shape index (κ1) is 15.8. The lowest BCUT2D eigenvalue weighted by Gasteiger charge is -2.32. The summed E-state index contributed by atoms with van der Waals surface area (Å²) >= 11 is 3.61. The van der Waals surface area contributed by atoms with Crippen molar-refractivity contribution in [3.63, 3.8) is 0 Å². The Bertz CT molecular complexity index is 413. The highest BCUT2D eigenvalue weighted by atomic mass is 79.9. The van der Waals surface area contributed by atoms with Gasteiger partial charge in [0.1, 0.15) is 0 Å². The van der Waals surface area contributed by atoms with E-state index in [1.165, 1.54) is 47.8 Å². The van der Waals surface area contributed by atoms with E-state index in [4.69, 9.17) is 0 Å². The standard InChI is InChI=1S/C17H27BrN2/c1-3-11-19-13-14-12-15(18)9-10-17(14)20(4-2)16-7-5-6-8-16/h9-10,12,16,19H,3-8,11,13H2,1-2H3. The van der Waals surface area contributed by atoms with Gasteiger partial charge in [0, 0.05) is 29.3 Å². The molecule has 1 aliphatic carbocycles. The highest BCUT2D eigenvalue weighted by Crippen LogP contribution is 2.31. The van der Waals surface area contributed by atoms with Gasteiger partial charge in [-0.25, -0.2) is 0 Å². The van der Waals surface area contributed by atoms with Crippen LogP contribution in [0.2, 0.25) is 0 Å². The van der Waals surface area contributed by atoms with Crippen molar-refractivity contribution >= 4 is 21.6 Å². The third kappa shape index (κ3) is 3.98. The van der Waals surface area contributed by atoms with Gasteiger partial charge in [0.15, 0.2) is 0 Å². The van der Waals surface area contributed by atoms with E-state index in [2.05, 4.69) is 58.2 Å². The normalized spacial score (nSPS) is 15.8. The van der Waals surface area contributed by atoms with Gasteiger partial charge >= 0.3 is 0 Å². The molecule has 20 heavy (non-hydrogen) atoms. The van der Waals surface area contributed by atoms with Gasteiger partial charge < -0.3 is 10.2 Å². The third-order valence-corrected chi connectivity index (χ3v) is 4.69. The Labute approximate surface area is 132 Å². The summed E-state index contributed by atoms with van der Waals surface area (Å²) in [6.45, 7) is 7.65. The molecule has 2 rings (SSSR count). The summed E-state index contributed by atoms with van der Waals surface area (Å²) in [4.78, 5) is 2.61. The van der Waals surface area contributed by atoms with Gasteiger partial charge in [0.2, 0.25) is 0 Å². The van der Waals surface area contributed by atoms with Crippen LogP contribution in [0.25, 0.3) is 0 Å². The largest absolute Gasteiger partial charge is 0.369 e. The van der Waals surface area contributed by atoms with Gasteiger partial charge in [-0.15, -0.1) is 0 Å². The zero-order chi connectivity index (χ0) is 14.4. The molecule has 1 fully saturated rings. The molecular weight excluding hydrogens is 312 g/mol. The first-order valence-corrected chi connectivity index (χ1v) is 8.81. The van der Waals surface area contributed by atoms with Crippen LogP contribution in [0.5, 0.6) is 0 Å². The second-order valence-corrected chi connectivity index (χ2v) is 6.59. The van der Waals surface area contributed by atoms with E-state index in [1.807, 2.05) is 0 Å². The molecule has 0 amide bonds. The Morgan fingerprint density at radius 1 is 1.25 bits per heavy atom. The summed E-state index contributed by atoms with van der Waals surface area (Å²) in [5.41, 5.74) is 2.84. The van der Waals surface area contributed by atoms with Gasteiger partial charge in [0.25, 0.3) is 0 Å². The van der Waals surface area contributed by atoms with Crippen LogP contribution in [-0.4, -0.2) is 19.1 Å². The van der Waals surface area contributed by atoms with Crippen molar-refractivity contribution in [3.8, 4) is 0 Å². The van der Waals surface area contributed by atoms with Crippen LogP contribution in [0.15, 0.2) is 22.7 Å². The van der Waals surface area contributed by atoms with Gasteiger partial charge in [-0.2, -0.15) is 0 Å². The summed E-state index contributed by atoms with van der Waals surface area (Å²) in [5.74, 6) is 0. The smallest absolute Gasteiger partial charge is 0.0415 e. The van der Waals surface area contributed by atoms with E-state index < -0.39 is 0 Å². The molecule has 1 saturated carbocycles. The summed E-state index contributed by atoms with van der Waals surface area (Å²) < 4.78 is 1.18. The molecule has 2 nitrogen and oxygen atoms in total. The second kappa shape index (κ2) is 8.04. The minimum absolute atomic E-state index is 0.742. The number of rotatable bonds is 7. The topological polar surface area (TPSA) is 15.3 Å². The minimum atomic E-state index is 0.742. The molecule has 0 aliphatic heterocycles. The van der Waals surface area contributed by atoms with Gasteiger partial charge in [-0.1, -0.05) is 35.7 Å².